The Morgan fingerprint density at radius 1 is 1.00 bits per heavy atom. The highest BCUT2D eigenvalue weighted by atomic mass is 16.1. The molecule has 2 heteroatoms. The first-order valence-corrected chi connectivity index (χ1v) is 9.99. The van der Waals surface area contributed by atoms with Crippen molar-refractivity contribution in [1.82, 2.24) is 4.90 Å². The van der Waals surface area contributed by atoms with Gasteiger partial charge in [0.2, 0.25) is 0 Å². The number of benzene rings is 1. The van der Waals surface area contributed by atoms with Crippen LogP contribution in [0.4, 0.5) is 0 Å². The summed E-state index contributed by atoms with van der Waals surface area (Å²) >= 11 is 0. The molecule has 1 aromatic rings. The van der Waals surface area contributed by atoms with Crippen LogP contribution in [0.25, 0.3) is 0 Å². The van der Waals surface area contributed by atoms with Gasteiger partial charge in [0.25, 0.3) is 0 Å². The Hall–Kier alpha value is -1.15. The molecule has 2 nitrogen and oxygen atoms in total. The molecular formula is C22H29NO. The summed E-state index contributed by atoms with van der Waals surface area (Å²) in [5.74, 6) is 2.15. The summed E-state index contributed by atoms with van der Waals surface area (Å²) in [5, 5.41) is 0. The molecule has 0 spiro atoms. The van der Waals surface area contributed by atoms with Crippen LogP contribution in [0.5, 0.6) is 0 Å². The highest BCUT2D eigenvalue weighted by molar-refractivity contribution is 5.87. The monoisotopic (exact) mass is 323 g/mol. The fourth-order valence-corrected chi connectivity index (χ4v) is 7.03. The maximum Gasteiger partial charge on any atom is 0.153 e. The number of carbonyl (C=O) groups is 1. The van der Waals surface area contributed by atoms with Gasteiger partial charge in [0.05, 0.1) is 6.54 Å². The predicted molar refractivity (Wildman–Crippen MR) is 95.9 cm³/mol. The Balaban J connectivity index is 1.46. The van der Waals surface area contributed by atoms with Crippen molar-refractivity contribution in [3.05, 3.63) is 35.9 Å². The summed E-state index contributed by atoms with van der Waals surface area (Å²) in [6.45, 7) is 3.00. The third-order valence-corrected chi connectivity index (χ3v) is 7.60. The van der Waals surface area contributed by atoms with E-state index < -0.39 is 0 Å². The molecule has 0 N–H and O–H groups in total. The van der Waals surface area contributed by atoms with Crippen LogP contribution in [0, 0.1) is 17.3 Å². The summed E-state index contributed by atoms with van der Waals surface area (Å²) < 4.78 is 0. The summed E-state index contributed by atoms with van der Waals surface area (Å²) in [5.41, 5.74) is 1.81. The molecule has 2 atom stereocenters. The van der Waals surface area contributed by atoms with Crippen LogP contribution >= 0.6 is 0 Å². The van der Waals surface area contributed by atoms with Crippen LogP contribution in [0.2, 0.25) is 0 Å². The molecule has 1 saturated heterocycles. The smallest absolute Gasteiger partial charge is 0.153 e. The van der Waals surface area contributed by atoms with Crippen LogP contribution in [-0.4, -0.2) is 30.3 Å². The van der Waals surface area contributed by atoms with Crippen LogP contribution in [0.1, 0.15) is 56.9 Å². The normalized spacial score (nSPS) is 41.0. The molecule has 0 amide bonds. The Morgan fingerprint density at radius 2 is 1.67 bits per heavy atom. The lowest BCUT2D eigenvalue weighted by molar-refractivity contribution is -0.147. The van der Waals surface area contributed by atoms with E-state index in [1.165, 1.54) is 50.5 Å². The van der Waals surface area contributed by atoms with Gasteiger partial charge in [-0.1, -0.05) is 30.3 Å². The standard InChI is InChI=1S/C22H29NO/c24-20(15-23-8-4-5-9-23)22-13-17-10-18(14-22)12-21(11-17,16-22)19-6-2-1-3-7-19/h1-3,6-7,17-18H,4-5,8-16H2. The molecule has 24 heavy (non-hydrogen) atoms. The first kappa shape index (κ1) is 15.1. The minimum absolute atomic E-state index is 0.00249. The summed E-state index contributed by atoms with van der Waals surface area (Å²) in [6.07, 6.45) is 10.1. The Labute approximate surface area is 145 Å². The van der Waals surface area contributed by atoms with E-state index in [9.17, 15) is 4.79 Å². The van der Waals surface area contributed by atoms with E-state index in [1.807, 2.05) is 0 Å². The average molecular weight is 323 g/mol. The van der Waals surface area contributed by atoms with Gasteiger partial charge in [0.1, 0.15) is 0 Å². The number of ketones is 1. The van der Waals surface area contributed by atoms with Crippen molar-refractivity contribution in [2.75, 3.05) is 19.6 Å². The SMILES string of the molecule is O=C(CN1CCCC1)C12CC3CC(C1)CC(c1ccccc1)(C3)C2. The molecule has 128 valence electrons. The quantitative estimate of drug-likeness (QED) is 0.828. The Kier molecular flexibility index (Phi) is 3.42. The van der Waals surface area contributed by atoms with Crippen molar-refractivity contribution in [2.24, 2.45) is 17.3 Å². The first-order chi connectivity index (χ1) is 11.7. The predicted octanol–water partition coefficient (Wildman–Crippen LogP) is 4.19. The lowest BCUT2D eigenvalue weighted by Crippen LogP contribution is -2.58. The van der Waals surface area contributed by atoms with Gasteiger partial charge in [-0.3, -0.25) is 9.69 Å². The van der Waals surface area contributed by atoms with Gasteiger partial charge in [-0.25, -0.2) is 0 Å². The van der Waals surface area contributed by atoms with E-state index in [1.54, 1.807) is 0 Å². The Morgan fingerprint density at radius 3 is 2.33 bits per heavy atom. The molecule has 1 aliphatic heterocycles. The maximum atomic E-state index is 13.4. The molecule has 4 saturated carbocycles. The number of hydrogen-bond acceptors (Lipinski definition) is 2. The number of carbonyl (C=O) groups excluding carboxylic acids is 1. The molecule has 5 aliphatic rings. The van der Waals surface area contributed by atoms with Crippen LogP contribution < -0.4 is 0 Å². The second-order valence-electron chi connectivity index (χ2n) is 9.29. The van der Waals surface area contributed by atoms with Crippen molar-refractivity contribution >= 4 is 5.78 Å². The highest BCUT2D eigenvalue weighted by Gasteiger charge is 2.60. The fraction of sp³-hybridized carbons (Fsp3) is 0.682. The number of nitrogens with zero attached hydrogens (tertiary/aromatic N) is 1. The van der Waals surface area contributed by atoms with Gasteiger partial charge in [-0.15, -0.1) is 0 Å². The number of Topliss-reactive ketones (excluding diaryl/α,β-unsaturated/α-hetero) is 1. The molecule has 0 aromatic heterocycles. The number of rotatable bonds is 4. The highest BCUT2D eigenvalue weighted by Crippen LogP contribution is 2.66. The largest absolute Gasteiger partial charge is 0.298 e. The Bertz CT molecular complexity index is 617. The van der Waals surface area contributed by atoms with E-state index in [4.69, 9.17) is 0 Å². The summed E-state index contributed by atoms with van der Waals surface area (Å²) in [7, 11) is 0. The fourth-order valence-electron chi connectivity index (χ4n) is 7.03. The van der Waals surface area contributed by atoms with Crippen molar-refractivity contribution < 1.29 is 4.79 Å². The number of likely N-dealkylation sites (tertiary alicyclic amines) is 1. The van der Waals surface area contributed by atoms with E-state index >= 15 is 0 Å². The van der Waals surface area contributed by atoms with Gasteiger partial charge >= 0.3 is 0 Å². The zero-order valence-electron chi connectivity index (χ0n) is 14.7. The second kappa shape index (κ2) is 5.42. The van der Waals surface area contributed by atoms with Gasteiger partial charge in [0.15, 0.2) is 5.78 Å². The minimum Gasteiger partial charge on any atom is -0.298 e. The molecule has 4 aliphatic carbocycles. The van der Waals surface area contributed by atoms with Crippen molar-refractivity contribution in [1.29, 1.82) is 0 Å². The summed E-state index contributed by atoms with van der Waals surface area (Å²) in [4.78, 5) is 15.8. The van der Waals surface area contributed by atoms with E-state index in [-0.39, 0.29) is 5.41 Å². The molecule has 0 radical (unpaired) electrons. The second-order valence-corrected chi connectivity index (χ2v) is 9.29. The maximum absolute atomic E-state index is 13.4. The van der Waals surface area contributed by atoms with Crippen molar-refractivity contribution in [3.8, 4) is 0 Å². The van der Waals surface area contributed by atoms with Crippen LogP contribution in [0.3, 0.4) is 0 Å². The van der Waals surface area contributed by atoms with Crippen LogP contribution in [-0.2, 0) is 10.2 Å². The zero-order valence-corrected chi connectivity index (χ0v) is 14.7. The molecule has 4 bridgehead atoms. The average Bonchev–Trinajstić information content (AvgIpc) is 3.07. The van der Waals surface area contributed by atoms with Crippen molar-refractivity contribution in [2.45, 2.75) is 56.8 Å². The summed E-state index contributed by atoms with van der Waals surface area (Å²) in [6, 6.07) is 11.1. The first-order valence-electron chi connectivity index (χ1n) is 9.99. The lowest BCUT2D eigenvalue weighted by atomic mass is 9.42. The van der Waals surface area contributed by atoms with Crippen LogP contribution in [0.15, 0.2) is 30.3 Å². The van der Waals surface area contributed by atoms with Gasteiger partial charge in [-0.05, 0) is 87.3 Å². The van der Waals surface area contributed by atoms with E-state index in [2.05, 4.69) is 35.2 Å². The van der Waals surface area contributed by atoms with Gasteiger partial charge in [0, 0.05) is 5.41 Å². The van der Waals surface area contributed by atoms with Gasteiger partial charge in [-0.2, -0.15) is 0 Å². The molecular weight excluding hydrogens is 294 g/mol. The molecule has 1 heterocycles. The third kappa shape index (κ3) is 2.29. The topological polar surface area (TPSA) is 20.3 Å². The number of hydrogen-bond donors (Lipinski definition) is 0. The van der Waals surface area contributed by atoms with Crippen molar-refractivity contribution in [3.63, 3.8) is 0 Å². The molecule has 5 fully saturated rings. The van der Waals surface area contributed by atoms with E-state index in [0.29, 0.717) is 11.2 Å². The third-order valence-electron chi connectivity index (χ3n) is 7.60. The van der Waals surface area contributed by atoms with Gasteiger partial charge < -0.3 is 0 Å². The van der Waals surface area contributed by atoms with E-state index in [0.717, 1.165) is 37.9 Å². The molecule has 2 unspecified atom stereocenters. The lowest BCUT2D eigenvalue weighted by Gasteiger charge is -2.62. The molecule has 1 aromatic carbocycles. The minimum atomic E-state index is 0.00249. The zero-order chi connectivity index (χ0) is 16.2. The molecule has 6 rings (SSSR count).